The molecule has 5 nitrogen and oxygen atoms in total. The number of carbonyl (C=O) groups is 2. The quantitative estimate of drug-likeness (QED) is 0.547. The number of aryl methyl sites for hydroxylation is 1. The molecule has 10 heteroatoms. The number of hydrogen-bond donors (Lipinski definition) is 1. The SMILES string of the molecule is Cc1cc(C2NOC(c3cc(Cl)cc(Cl)c3)(C(F)(F)F)C2=O)ccc1C(=O)OC(C)(C)C. The molecule has 32 heavy (non-hydrogen) atoms. The van der Waals surface area contributed by atoms with Gasteiger partial charge in [-0.15, -0.1) is 0 Å². The van der Waals surface area contributed by atoms with Gasteiger partial charge >= 0.3 is 12.1 Å². The van der Waals surface area contributed by atoms with Gasteiger partial charge in [-0.1, -0.05) is 35.3 Å². The fraction of sp³-hybridized carbons (Fsp3) is 0.364. The van der Waals surface area contributed by atoms with Gasteiger partial charge in [0.05, 0.1) is 5.56 Å². The summed E-state index contributed by atoms with van der Waals surface area (Å²) in [5.41, 5.74) is -1.50. The zero-order valence-corrected chi connectivity index (χ0v) is 19.1. The summed E-state index contributed by atoms with van der Waals surface area (Å²) in [7, 11) is 0. The van der Waals surface area contributed by atoms with E-state index in [1.165, 1.54) is 24.3 Å². The molecule has 2 aromatic rings. The van der Waals surface area contributed by atoms with Gasteiger partial charge in [0.15, 0.2) is 0 Å². The fourth-order valence-corrected chi connectivity index (χ4v) is 3.95. The molecule has 0 spiro atoms. The van der Waals surface area contributed by atoms with Crippen molar-refractivity contribution in [3.05, 3.63) is 68.7 Å². The number of carbonyl (C=O) groups excluding carboxylic acids is 2. The van der Waals surface area contributed by atoms with Crippen LogP contribution in [0.2, 0.25) is 10.0 Å². The molecule has 2 unspecified atom stereocenters. The smallest absolute Gasteiger partial charge is 0.431 e. The Kier molecular flexibility index (Phi) is 6.38. The van der Waals surface area contributed by atoms with Gasteiger partial charge in [0.1, 0.15) is 11.6 Å². The number of Topliss-reactive ketones (excluding diaryl/α,β-unsaturated/α-hetero) is 1. The van der Waals surface area contributed by atoms with Crippen molar-refractivity contribution in [2.24, 2.45) is 0 Å². The monoisotopic (exact) mass is 489 g/mol. The summed E-state index contributed by atoms with van der Waals surface area (Å²) in [5, 5.41) is -0.151. The number of nitrogens with one attached hydrogen (secondary N) is 1. The fourth-order valence-electron chi connectivity index (χ4n) is 3.42. The van der Waals surface area contributed by atoms with E-state index in [-0.39, 0.29) is 21.2 Å². The van der Waals surface area contributed by atoms with Gasteiger partial charge in [0.2, 0.25) is 5.78 Å². The number of benzene rings is 2. The van der Waals surface area contributed by atoms with Crippen LogP contribution in [0.5, 0.6) is 0 Å². The predicted molar refractivity (Wildman–Crippen MR) is 113 cm³/mol. The Balaban J connectivity index is 2.00. The Morgan fingerprint density at radius 3 is 2.19 bits per heavy atom. The van der Waals surface area contributed by atoms with Crippen LogP contribution in [-0.2, 0) is 20.0 Å². The third kappa shape index (κ3) is 4.50. The van der Waals surface area contributed by atoms with Gasteiger partial charge < -0.3 is 4.74 Å². The number of halogens is 5. The first-order valence-corrected chi connectivity index (χ1v) is 10.3. The standard InChI is InChI=1S/C22H20Cl2F3NO4/c1-11-7-12(5-6-16(11)19(30)31-20(2,3)4)17-18(29)21(32-28-17,22(25,26)27)13-8-14(23)10-15(24)9-13/h5-10,17,28H,1-4H3. The second kappa shape index (κ2) is 8.33. The second-order valence-corrected chi connectivity index (χ2v) is 9.30. The first kappa shape index (κ1) is 24.5. The van der Waals surface area contributed by atoms with E-state index in [4.69, 9.17) is 32.8 Å². The van der Waals surface area contributed by atoms with Crippen LogP contribution in [0, 0.1) is 6.92 Å². The van der Waals surface area contributed by atoms with Crippen molar-refractivity contribution in [3.63, 3.8) is 0 Å². The molecule has 1 saturated heterocycles. The molecule has 0 aromatic heterocycles. The molecule has 0 aliphatic carbocycles. The first-order chi connectivity index (χ1) is 14.7. The first-order valence-electron chi connectivity index (χ1n) is 9.51. The van der Waals surface area contributed by atoms with E-state index < -0.39 is 40.7 Å². The minimum atomic E-state index is -5.11. The number of ether oxygens (including phenoxy) is 1. The maximum atomic E-state index is 14.2. The van der Waals surface area contributed by atoms with Crippen molar-refractivity contribution in [1.82, 2.24) is 5.48 Å². The predicted octanol–water partition coefficient (Wildman–Crippen LogP) is 5.86. The van der Waals surface area contributed by atoms with Gasteiger partial charge in [0, 0.05) is 15.6 Å². The molecule has 0 amide bonds. The van der Waals surface area contributed by atoms with E-state index in [0.717, 1.165) is 12.1 Å². The van der Waals surface area contributed by atoms with Crippen LogP contribution < -0.4 is 5.48 Å². The minimum absolute atomic E-state index is 0.0754. The normalized spacial score (nSPS) is 21.7. The number of esters is 1. The van der Waals surface area contributed by atoms with Crippen LogP contribution in [0.15, 0.2) is 36.4 Å². The van der Waals surface area contributed by atoms with E-state index in [0.29, 0.717) is 5.56 Å². The number of ketones is 1. The highest BCUT2D eigenvalue weighted by molar-refractivity contribution is 6.34. The van der Waals surface area contributed by atoms with Crippen molar-refractivity contribution in [2.45, 2.75) is 51.1 Å². The van der Waals surface area contributed by atoms with Gasteiger partial charge in [-0.3, -0.25) is 9.63 Å². The number of hydrogen-bond acceptors (Lipinski definition) is 5. The van der Waals surface area contributed by atoms with Crippen molar-refractivity contribution in [3.8, 4) is 0 Å². The van der Waals surface area contributed by atoms with Crippen molar-refractivity contribution in [2.75, 3.05) is 0 Å². The Bertz CT molecular complexity index is 1060. The van der Waals surface area contributed by atoms with Crippen molar-refractivity contribution >= 4 is 35.0 Å². The molecule has 0 saturated carbocycles. The Hall–Kier alpha value is -2.13. The highest BCUT2D eigenvalue weighted by atomic mass is 35.5. The van der Waals surface area contributed by atoms with E-state index in [1.807, 2.05) is 0 Å². The van der Waals surface area contributed by atoms with Crippen LogP contribution in [0.25, 0.3) is 0 Å². The second-order valence-electron chi connectivity index (χ2n) is 8.43. The van der Waals surface area contributed by atoms with Crippen LogP contribution in [-0.4, -0.2) is 23.5 Å². The summed E-state index contributed by atoms with van der Waals surface area (Å²) in [6.07, 6.45) is -5.11. The molecule has 1 aliphatic rings. The van der Waals surface area contributed by atoms with Crippen molar-refractivity contribution in [1.29, 1.82) is 0 Å². The average molecular weight is 490 g/mol. The van der Waals surface area contributed by atoms with Crippen LogP contribution in [0.3, 0.4) is 0 Å². The summed E-state index contributed by atoms with van der Waals surface area (Å²) in [6.45, 7) is 6.74. The largest absolute Gasteiger partial charge is 0.456 e. The summed E-state index contributed by atoms with van der Waals surface area (Å²) in [4.78, 5) is 30.4. The van der Waals surface area contributed by atoms with E-state index in [9.17, 15) is 22.8 Å². The average Bonchev–Trinajstić information content (AvgIpc) is 2.97. The molecule has 1 N–H and O–H groups in total. The number of alkyl halides is 3. The number of hydroxylamine groups is 1. The molecule has 0 bridgehead atoms. The van der Waals surface area contributed by atoms with Gasteiger partial charge in [-0.05, 0) is 63.1 Å². The lowest BCUT2D eigenvalue weighted by Gasteiger charge is -2.28. The Morgan fingerprint density at radius 1 is 1.09 bits per heavy atom. The molecule has 1 aliphatic heterocycles. The highest BCUT2D eigenvalue weighted by Crippen LogP contribution is 2.49. The summed E-state index contributed by atoms with van der Waals surface area (Å²) < 4.78 is 47.9. The van der Waals surface area contributed by atoms with Gasteiger partial charge in [-0.25, -0.2) is 4.79 Å². The molecule has 0 radical (unpaired) electrons. The molecule has 1 fully saturated rings. The maximum Gasteiger partial charge on any atom is 0.431 e. The lowest BCUT2D eigenvalue weighted by Crippen LogP contribution is -2.48. The Labute approximate surface area is 192 Å². The zero-order valence-electron chi connectivity index (χ0n) is 17.6. The molecule has 1 heterocycles. The molecule has 2 atom stereocenters. The van der Waals surface area contributed by atoms with Gasteiger partial charge in [0.25, 0.3) is 5.60 Å². The van der Waals surface area contributed by atoms with Crippen molar-refractivity contribution < 1.29 is 32.3 Å². The zero-order chi connectivity index (χ0) is 24.1. The lowest BCUT2D eigenvalue weighted by molar-refractivity contribution is -0.272. The summed E-state index contributed by atoms with van der Waals surface area (Å²) >= 11 is 11.7. The van der Waals surface area contributed by atoms with E-state index in [2.05, 4.69) is 5.48 Å². The lowest BCUT2D eigenvalue weighted by atomic mass is 9.84. The van der Waals surface area contributed by atoms with Crippen LogP contribution >= 0.6 is 23.2 Å². The molecule has 2 aromatic carbocycles. The van der Waals surface area contributed by atoms with Crippen LogP contribution in [0.4, 0.5) is 13.2 Å². The molecular weight excluding hydrogens is 470 g/mol. The molecule has 3 rings (SSSR count). The topological polar surface area (TPSA) is 64.6 Å². The molecular formula is C22H20Cl2F3NO4. The summed E-state index contributed by atoms with van der Waals surface area (Å²) in [5.74, 6) is -1.87. The maximum absolute atomic E-state index is 14.2. The van der Waals surface area contributed by atoms with Crippen LogP contribution in [0.1, 0.15) is 53.9 Å². The molecule has 172 valence electrons. The van der Waals surface area contributed by atoms with E-state index >= 15 is 0 Å². The number of rotatable bonds is 3. The minimum Gasteiger partial charge on any atom is -0.456 e. The van der Waals surface area contributed by atoms with Gasteiger partial charge in [-0.2, -0.15) is 18.7 Å². The highest BCUT2D eigenvalue weighted by Gasteiger charge is 2.68. The summed E-state index contributed by atoms with van der Waals surface area (Å²) in [6, 6.07) is 6.00. The van der Waals surface area contributed by atoms with E-state index in [1.54, 1.807) is 27.7 Å². The Morgan fingerprint density at radius 2 is 1.69 bits per heavy atom. The third-order valence-corrected chi connectivity index (χ3v) is 5.25. The third-order valence-electron chi connectivity index (χ3n) is 4.81.